The first kappa shape index (κ1) is 13.8. The zero-order valence-electron chi connectivity index (χ0n) is 12.0. The van der Waals surface area contributed by atoms with Crippen LogP contribution >= 0.6 is 0 Å². The van der Waals surface area contributed by atoms with Crippen molar-refractivity contribution >= 4 is 11.7 Å². The second kappa shape index (κ2) is 4.18. The number of rotatable bonds is 3. The highest BCUT2D eigenvalue weighted by atomic mass is 19.1. The molecule has 2 N–H and O–H groups in total. The van der Waals surface area contributed by atoms with Crippen LogP contribution in [0.15, 0.2) is 12.3 Å². The minimum Gasteiger partial charge on any atom is -0.372 e. The average Bonchev–Trinajstić information content (AvgIpc) is 2.71. The van der Waals surface area contributed by atoms with E-state index in [0.717, 1.165) is 6.20 Å². The van der Waals surface area contributed by atoms with E-state index in [0.29, 0.717) is 5.82 Å². The first-order chi connectivity index (χ1) is 8.71. The first-order valence-electron chi connectivity index (χ1n) is 6.36. The Morgan fingerprint density at radius 1 is 1.32 bits per heavy atom. The number of pyridine rings is 1. The fraction of sp³-hybridized carbons (Fsp3) is 0.571. The number of nitrogens with one attached hydrogen (secondary N) is 2. The maximum Gasteiger partial charge on any atom is 0.255 e. The van der Waals surface area contributed by atoms with E-state index in [2.05, 4.69) is 43.3 Å². The standard InChI is InChI=1S/C14H20FN3O/c1-13(2)12(14(13,3)4)18-11(19)9-6-8(15)7-17-10(9)16-5/h6-7,12H,1-5H3,(H,16,17)(H,18,19). The molecule has 1 aliphatic carbocycles. The third-order valence-electron chi connectivity index (χ3n) is 4.63. The lowest BCUT2D eigenvalue weighted by molar-refractivity contribution is 0.0943. The molecule has 1 saturated carbocycles. The lowest BCUT2D eigenvalue weighted by atomic mass is 10.0. The largest absolute Gasteiger partial charge is 0.372 e. The molecule has 0 saturated heterocycles. The molecule has 1 fully saturated rings. The highest BCUT2D eigenvalue weighted by molar-refractivity contribution is 5.99. The maximum absolute atomic E-state index is 13.2. The summed E-state index contributed by atoms with van der Waals surface area (Å²) in [5.74, 6) is -0.423. The lowest BCUT2D eigenvalue weighted by Gasteiger charge is -2.10. The summed E-state index contributed by atoms with van der Waals surface area (Å²) in [7, 11) is 1.65. The fourth-order valence-corrected chi connectivity index (χ4v) is 2.58. The van der Waals surface area contributed by atoms with Gasteiger partial charge in [0.25, 0.3) is 5.91 Å². The van der Waals surface area contributed by atoms with Crippen LogP contribution in [0.3, 0.4) is 0 Å². The summed E-state index contributed by atoms with van der Waals surface area (Å²) in [6, 6.07) is 1.29. The second-order valence-corrected chi connectivity index (χ2v) is 6.15. The Morgan fingerprint density at radius 2 is 1.89 bits per heavy atom. The molecule has 0 bridgehead atoms. The molecule has 19 heavy (non-hydrogen) atoms. The molecule has 0 aromatic carbocycles. The van der Waals surface area contributed by atoms with E-state index in [1.165, 1.54) is 6.07 Å². The van der Waals surface area contributed by atoms with E-state index in [1.54, 1.807) is 7.05 Å². The van der Waals surface area contributed by atoms with Crippen LogP contribution in [0.4, 0.5) is 10.2 Å². The molecule has 1 aliphatic rings. The number of halogens is 1. The molecular weight excluding hydrogens is 245 g/mol. The van der Waals surface area contributed by atoms with Crippen LogP contribution in [0, 0.1) is 16.6 Å². The summed E-state index contributed by atoms with van der Waals surface area (Å²) in [6.45, 7) is 8.45. The Balaban J connectivity index is 2.20. The van der Waals surface area contributed by atoms with Gasteiger partial charge in [-0.05, 0) is 16.9 Å². The summed E-state index contributed by atoms with van der Waals surface area (Å²) < 4.78 is 13.2. The third kappa shape index (κ3) is 2.07. The number of nitrogens with zero attached hydrogens (tertiary/aromatic N) is 1. The zero-order valence-corrected chi connectivity index (χ0v) is 12.0. The van der Waals surface area contributed by atoms with Crippen molar-refractivity contribution in [2.24, 2.45) is 10.8 Å². The Bertz CT molecular complexity index is 511. The molecule has 0 radical (unpaired) electrons. The van der Waals surface area contributed by atoms with Gasteiger partial charge in [0.05, 0.1) is 11.8 Å². The third-order valence-corrected chi connectivity index (χ3v) is 4.63. The number of hydrogen-bond donors (Lipinski definition) is 2. The molecule has 5 heteroatoms. The van der Waals surface area contributed by atoms with Crippen molar-refractivity contribution in [2.45, 2.75) is 33.7 Å². The monoisotopic (exact) mass is 265 g/mol. The molecule has 0 atom stereocenters. The molecule has 1 amide bonds. The zero-order chi connectivity index (χ0) is 14.4. The van der Waals surface area contributed by atoms with Crippen molar-refractivity contribution in [1.82, 2.24) is 10.3 Å². The summed E-state index contributed by atoms with van der Waals surface area (Å²) in [5.41, 5.74) is 0.327. The van der Waals surface area contributed by atoms with Crippen LogP contribution in [-0.4, -0.2) is 24.0 Å². The molecule has 0 aliphatic heterocycles. The van der Waals surface area contributed by atoms with Gasteiger partial charge in [0.15, 0.2) is 0 Å². The van der Waals surface area contributed by atoms with Gasteiger partial charge in [0, 0.05) is 13.1 Å². The predicted molar refractivity (Wildman–Crippen MR) is 72.6 cm³/mol. The van der Waals surface area contributed by atoms with Crippen LogP contribution in [0.5, 0.6) is 0 Å². The van der Waals surface area contributed by atoms with Gasteiger partial charge in [-0.15, -0.1) is 0 Å². The van der Waals surface area contributed by atoms with Gasteiger partial charge < -0.3 is 10.6 Å². The van der Waals surface area contributed by atoms with Crippen LogP contribution in [-0.2, 0) is 0 Å². The van der Waals surface area contributed by atoms with Gasteiger partial charge >= 0.3 is 0 Å². The number of aromatic nitrogens is 1. The van der Waals surface area contributed by atoms with E-state index in [1.807, 2.05) is 0 Å². The van der Waals surface area contributed by atoms with E-state index < -0.39 is 5.82 Å². The summed E-state index contributed by atoms with van der Waals surface area (Å²) in [5, 5.41) is 5.77. The van der Waals surface area contributed by atoms with Crippen molar-refractivity contribution in [3.8, 4) is 0 Å². The van der Waals surface area contributed by atoms with Gasteiger partial charge in [-0.25, -0.2) is 9.37 Å². The lowest BCUT2D eigenvalue weighted by Crippen LogP contribution is -2.30. The van der Waals surface area contributed by atoms with Crippen LogP contribution in [0.1, 0.15) is 38.1 Å². The van der Waals surface area contributed by atoms with Crippen LogP contribution < -0.4 is 10.6 Å². The van der Waals surface area contributed by atoms with Crippen molar-refractivity contribution in [3.63, 3.8) is 0 Å². The van der Waals surface area contributed by atoms with E-state index in [9.17, 15) is 9.18 Å². The van der Waals surface area contributed by atoms with E-state index >= 15 is 0 Å². The Labute approximate surface area is 112 Å². The Hall–Kier alpha value is -1.65. The molecule has 0 unspecified atom stereocenters. The Kier molecular flexibility index (Phi) is 3.03. The van der Waals surface area contributed by atoms with E-state index in [-0.39, 0.29) is 28.3 Å². The molecule has 1 heterocycles. The number of hydrogen-bond acceptors (Lipinski definition) is 3. The van der Waals surface area contributed by atoms with Gasteiger partial charge in [0.1, 0.15) is 11.6 Å². The van der Waals surface area contributed by atoms with Gasteiger partial charge in [0.2, 0.25) is 0 Å². The molecule has 4 nitrogen and oxygen atoms in total. The molecule has 2 rings (SSSR count). The minimum atomic E-state index is -0.515. The number of anilines is 1. The molecule has 1 aromatic rings. The van der Waals surface area contributed by atoms with Gasteiger partial charge in [-0.2, -0.15) is 0 Å². The van der Waals surface area contributed by atoms with Crippen molar-refractivity contribution < 1.29 is 9.18 Å². The molecular formula is C14H20FN3O. The van der Waals surface area contributed by atoms with Crippen molar-refractivity contribution in [1.29, 1.82) is 0 Å². The van der Waals surface area contributed by atoms with E-state index in [4.69, 9.17) is 0 Å². The normalized spacial score (nSPS) is 19.9. The summed E-state index contributed by atoms with van der Waals surface area (Å²) in [6.07, 6.45) is 1.09. The maximum atomic E-state index is 13.2. The van der Waals surface area contributed by atoms with Gasteiger partial charge in [-0.3, -0.25) is 4.79 Å². The first-order valence-corrected chi connectivity index (χ1v) is 6.36. The number of carbonyl (C=O) groups is 1. The van der Waals surface area contributed by atoms with Crippen molar-refractivity contribution in [3.05, 3.63) is 23.6 Å². The van der Waals surface area contributed by atoms with Crippen LogP contribution in [0.2, 0.25) is 0 Å². The average molecular weight is 265 g/mol. The number of amides is 1. The highest BCUT2D eigenvalue weighted by Gasteiger charge is 2.65. The fourth-order valence-electron chi connectivity index (χ4n) is 2.58. The number of carbonyl (C=O) groups excluding carboxylic acids is 1. The highest BCUT2D eigenvalue weighted by Crippen LogP contribution is 2.62. The predicted octanol–water partition coefficient (Wildman–Crippen LogP) is 2.43. The molecule has 0 spiro atoms. The smallest absolute Gasteiger partial charge is 0.255 e. The summed E-state index contributed by atoms with van der Waals surface area (Å²) in [4.78, 5) is 16.1. The molecule has 1 aromatic heterocycles. The quantitative estimate of drug-likeness (QED) is 0.882. The van der Waals surface area contributed by atoms with Crippen molar-refractivity contribution in [2.75, 3.05) is 12.4 Å². The van der Waals surface area contributed by atoms with Gasteiger partial charge in [-0.1, -0.05) is 27.7 Å². The summed E-state index contributed by atoms with van der Waals surface area (Å²) >= 11 is 0. The van der Waals surface area contributed by atoms with Crippen LogP contribution in [0.25, 0.3) is 0 Å². The minimum absolute atomic E-state index is 0.0449. The Morgan fingerprint density at radius 3 is 2.37 bits per heavy atom. The molecule has 104 valence electrons. The SMILES string of the molecule is CNc1ncc(F)cc1C(=O)NC1C(C)(C)C1(C)C. The second-order valence-electron chi connectivity index (χ2n) is 6.15. The topological polar surface area (TPSA) is 54.0 Å².